The zero-order valence-corrected chi connectivity index (χ0v) is 12.3. The fourth-order valence-electron chi connectivity index (χ4n) is 1.34. The number of carbonyl (C=O) groups is 1. The largest absolute Gasteiger partial charge is 1.00 e. The van der Waals surface area contributed by atoms with E-state index < -0.39 is 11.9 Å². The van der Waals surface area contributed by atoms with Crippen molar-refractivity contribution >= 4 is 11.5 Å². The maximum atomic E-state index is 10.7. The topological polar surface area (TPSA) is 40.1 Å². The number of carboxylic acid groups (broad SMARTS) is 1. The fraction of sp³-hybridized carbons (Fsp3) is 0.308. The number of allylic oxidation sites excluding steroid dienone is 2. The zero-order chi connectivity index (χ0) is 11.4. The Morgan fingerprint density at radius 1 is 1.31 bits per heavy atom. The summed E-state index contributed by atoms with van der Waals surface area (Å²) in [5.41, 5.74) is 3.08. The van der Waals surface area contributed by atoms with Crippen molar-refractivity contribution in [3.8, 4) is 0 Å². The fourth-order valence-corrected chi connectivity index (χ4v) is 1.34. The molecule has 0 heterocycles. The Kier molecular flexibility index (Phi) is 6.65. The normalized spacial score (nSPS) is 12.8. The molecule has 0 radical (unpaired) electrons. The molecule has 0 N–H and O–H groups in total. The molecular formula is C13H15NaO2. The van der Waals surface area contributed by atoms with Crippen LogP contribution in [0.2, 0.25) is 0 Å². The van der Waals surface area contributed by atoms with Gasteiger partial charge in [0.05, 0.1) is 0 Å². The molecule has 0 fully saturated rings. The van der Waals surface area contributed by atoms with Gasteiger partial charge in [-0.15, -0.1) is 0 Å². The zero-order valence-electron chi connectivity index (χ0n) is 10.3. The first-order chi connectivity index (χ1) is 7.06. The van der Waals surface area contributed by atoms with Crippen LogP contribution in [0.4, 0.5) is 0 Å². The van der Waals surface area contributed by atoms with Crippen molar-refractivity contribution in [1.82, 2.24) is 0 Å². The molecule has 0 aliphatic rings. The third-order valence-corrected chi connectivity index (χ3v) is 2.65. The summed E-state index contributed by atoms with van der Waals surface area (Å²) < 4.78 is 0. The van der Waals surface area contributed by atoms with Gasteiger partial charge in [-0.05, 0) is 30.5 Å². The molecule has 0 saturated heterocycles. The Morgan fingerprint density at radius 3 is 2.19 bits per heavy atom. The summed E-state index contributed by atoms with van der Waals surface area (Å²) >= 11 is 0. The van der Waals surface area contributed by atoms with Crippen LogP contribution in [0.25, 0.3) is 5.57 Å². The van der Waals surface area contributed by atoms with Gasteiger partial charge in [-0.2, -0.15) is 0 Å². The molecular weight excluding hydrogens is 211 g/mol. The second kappa shape index (κ2) is 6.89. The van der Waals surface area contributed by atoms with Gasteiger partial charge < -0.3 is 9.90 Å². The first kappa shape index (κ1) is 15.4. The molecule has 3 heteroatoms. The monoisotopic (exact) mass is 226 g/mol. The van der Waals surface area contributed by atoms with Crippen LogP contribution in [0.1, 0.15) is 37.8 Å². The average Bonchev–Trinajstić information content (AvgIpc) is 2.27. The Bertz CT molecular complexity index is 379. The van der Waals surface area contributed by atoms with Crippen molar-refractivity contribution in [3.05, 3.63) is 41.5 Å². The van der Waals surface area contributed by atoms with E-state index in [0.29, 0.717) is 0 Å². The van der Waals surface area contributed by atoms with Crippen LogP contribution < -0.4 is 34.7 Å². The summed E-state index contributed by atoms with van der Waals surface area (Å²) in [5.74, 6) is -1.59. The van der Waals surface area contributed by atoms with Gasteiger partial charge in [-0.3, -0.25) is 0 Å². The van der Waals surface area contributed by atoms with Gasteiger partial charge in [0.1, 0.15) is 0 Å². The van der Waals surface area contributed by atoms with Crippen LogP contribution >= 0.6 is 0 Å². The number of hydrogen-bond acceptors (Lipinski definition) is 2. The molecule has 16 heavy (non-hydrogen) atoms. The van der Waals surface area contributed by atoms with Crippen molar-refractivity contribution in [2.24, 2.45) is 0 Å². The van der Waals surface area contributed by atoms with Crippen LogP contribution in [0.15, 0.2) is 30.3 Å². The smallest absolute Gasteiger partial charge is 0.550 e. The summed E-state index contributed by atoms with van der Waals surface area (Å²) in [6.07, 6.45) is 2.02. The second-order valence-corrected chi connectivity index (χ2v) is 3.63. The third kappa shape index (κ3) is 3.78. The SMILES string of the molecule is CC=C(C)c1ccc(C(C)C(=O)[O-])cc1.[Na+]. The number of hydrogen-bond donors (Lipinski definition) is 0. The summed E-state index contributed by atoms with van der Waals surface area (Å²) in [4.78, 5) is 10.7. The van der Waals surface area contributed by atoms with E-state index >= 15 is 0 Å². The van der Waals surface area contributed by atoms with Gasteiger partial charge in [0.2, 0.25) is 0 Å². The van der Waals surface area contributed by atoms with E-state index in [2.05, 4.69) is 0 Å². The van der Waals surface area contributed by atoms with E-state index in [1.165, 1.54) is 5.57 Å². The maximum Gasteiger partial charge on any atom is 1.00 e. The van der Waals surface area contributed by atoms with Gasteiger partial charge in [0, 0.05) is 11.9 Å². The molecule has 0 aliphatic carbocycles. The van der Waals surface area contributed by atoms with Crippen LogP contribution in [-0.2, 0) is 4.79 Å². The van der Waals surface area contributed by atoms with Crippen LogP contribution in [0.3, 0.4) is 0 Å². The molecule has 1 aromatic rings. The van der Waals surface area contributed by atoms with Gasteiger partial charge in [0.25, 0.3) is 0 Å². The molecule has 0 amide bonds. The predicted molar refractivity (Wildman–Crippen MR) is 59.2 cm³/mol. The number of aliphatic carboxylic acids is 1. The van der Waals surface area contributed by atoms with Crippen LogP contribution in [0.5, 0.6) is 0 Å². The summed E-state index contributed by atoms with van der Waals surface area (Å²) in [5, 5.41) is 10.7. The molecule has 0 saturated carbocycles. The van der Waals surface area contributed by atoms with E-state index in [0.717, 1.165) is 11.1 Å². The van der Waals surface area contributed by atoms with Crippen LogP contribution in [-0.4, -0.2) is 5.97 Å². The number of carbonyl (C=O) groups excluding carboxylic acids is 1. The van der Waals surface area contributed by atoms with Crippen molar-refractivity contribution in [2.75, 3.05) is 0 Å². The first-order valence-electron chi connectivity index (χ1n) is 5.00. The molecule has 1 atom stereocenters. The van der Waals surface area contributed by atoms with Gasteiger partial charge in [0.15, 0.2) is 0 Å². The van der Waals surface area contributed by atoms with E-state index in [9.17, 15) is 9.90 Å². The first-order valence-corrected chi connectivity index (χ1v) is 5.00. The van der Waals surface area contributed by atoms with Crippen molar-refractivity contribution in [2.45, 2.75) is 26.7 Å². The van der Waals surface area contributed by atoms with Crippen molar-refractivity contribution in [1.29, 1.82) is 0 Å². The average molecular weight is 226 g/mol. The Balaban J connectivity index is 0.00000225. The predicted octanol–water partition coefficient (Wildman–Crippen LogP) is -1.03. The van der Waals surface area contributed by atoms with E-state index in [4.69, 9.17) is 0 Å². The third-order valence-electron chi connectivity index (χ3n) is 2.65. The molecule has 80 valence electrons. The van der Waals surface area contributed by atoms with Gasteiger partial charge in [-0.1, -0.05) is 37.3 Å². The van der Waals surface area contributed by atoms with Crippen molar-refractivity contribution < 1.29 is 39.5 Å². The minimum absolute atomic E-state index is 0. The molecule has 1 unspecified atom stereocenters. The number of benzene rings is 1. The minimum Gasteiger partial charge on any atom is -0.550 e. The Hall–Kier alpha value is -0.570. The molecule has 0 spiro atoms. The van der Waals surface area contributed by atoms with Gasteiger partial charge in [-0.25, -0.2) is 0 Å². The summed E-state index contributed by atoms with van der Waals surface area (Å²) in [6.45, 7) is 5.64. The maximum absolute atomic E-state index is 10.7. The van der Waals surface area contributed by atoms with E-state index in [-0.39, 0.29) is 29.6 Å². The molecule has 0 bridgehead atoms. The Labute approximate surface area is 119 Å². The minimum atomic E-state index is -1.04. The quantitative estimate of drug-likeness (QED) is 0.618. The summed E-state index contributed by atoms with van der Waals surface area (Å²) in [6, 6.07) is 7.54. The molecule has 0 aromatic heterocycles. The molecule has 1 aromatic carbocycles. The van der Waals surface area contributed by atoms with E-state index in [1.807, 2.05) is 44.2 Å². The van der Waals surface area contributed by atoms with Gasteiger partial charge >= 0.3 is 29.6 Å². The molecule has 2 nitrogen and oxygen atoms in total. The second-order valence-electron chi connectivity index (χ2n) is 3.63. The van der Waals surface area contributed by atoms with E-state index in [1.54, 1.807) is 6.92 Å². The molecule has 0 aliphatic heterocycles. The van der Waals surface area contributed by atoms with Crippen LogP contribution in [0, 0.1) is 0 Å². The van der Waals surface area contributed by atoms with Crippen molar-refractivity contribution in [3.63, 3.8) is 0 Å². The Morgan fingerprint density at radius 2 is 1.81 bits per heavy atom. The standard InChI is InChI=1S/C13H16O2.Na/c1-4-9(2)11-5-7-12(8-6-11)10(3)13(14)15;/h4-8,10H,1-3H3,(H,14,15);/q;+1/p-1. The number of rotatable bonds is 3. The molecule has 1 rings (SSSR count). The number of carboxylic acids is 1. The summed E-state index contributed by atoms with van der Waals surface area (Å²) in [7, 11) is 0.